The van der Waals surface area contributed by atoms with Crippen molar-refractivity contribution in [2.75, 3.05) is 0 Å². The number of aliphatic carboxylic acids is 1. The molecule has 0 saturated heterocycles. The number of hydrogen-bond acceptors (Lipinski definition) is 3. The summed E-state index contributed by atoms with van der Waals surface area (Å²) in [4.78, 5) is 11.0. The zero-order chi connectivity index (χ0) is 10.6. The largest absolute Gasteiger partial charge is 0.480 e. The SMILES string of the molecule is N[C@@]1(C(=O)O)CCCC1CCCBO. The second kappa shape index (κ2) is 4.80. The molecule has 1 unspecified atom stereocenters. The van der Waals surface area contributed by atoms with E-state index in [1.165, 1.54) is 0 Å². The Morgan fingerprint density at radius 3 is 2.93 bits per heavy atom. The van der Waals surface area contributed by atoms with Crippen LogP contribution in [0.5, 0.6) is 0 Å². The van der Waals surface area contributed by atoms with Crippen LogP contribution < -0.4 is 5.73 Å². The third kappa shape index (κ3) is 2.28. The molecular weight excluding hydrogens is 181 g/mol. The Morgan fingerprint density at radius 2 is 2.36 bits per heavy atom. The third-order valence-electron chi connectivity index (χ3n) is 3.23. The predicted molar refractivity (Wildman–Crippen MR) is 55.3 cm³/mol. The van der Waals surface area contributed by atoms with Gasteiger partial charge in [0.15, 0.2) is 0 Å². The number of carbonyl (C=O) groups is 1. The fourth-order valence-electron chi connectivity index (χ4n) is 2.29. The van der Waals surface area contributed by atoms with Crippen LogP contribution in [0.15, 0.2) is 0 Å². The first-order valence-corrected chi connectivity index (χ1v) is 5.24. The monoisotopic (exact) mass is 199 g/mol. The van der Waals surface area contributed by atoms with Crippen molar-refractivity contribution in [2.45, 2.75) is 44.0 Å². The Morgan fingerprint density at radius 1 is 1.64 bits per heavy atom. The highest BCUT2D eigenvalue weighted by Crippen LogP contribution is 2.37. The summed E-state index contributed by atoms with van der Waals surface area (Å²) in [6, 6.07) is 0. The number of carboxylic acids is 1. The van der Waals surface area contributed by atoms with Gasteiger partial charge in [0.1, 0.15) is 5.54 Å². The van der Waals surface area contributed by atoms with E-state index in [4.69, 9.17) is 15.9 Å². The maximum Gasteiger partial charge on any atom is 0.323 e. The average molecular weight is 199 g/mol. The van der Waals surface area contributed by atoms with Crippen LogP contribution in [0.1, 0.15) is 32.1 Å². The summed E-state index contributed by atoms with van der Waals surface area (Å²) < 4.78 is 0. The van der Waals surface area contributed by atoms with Gasteiger partial charge in [-0.3, -0.25) is 4.79 Å². The lowest BCUT2D eigenvalue weighted by atomic mass is 9.82. The van der Waals surface area contributed by atoms with Crippen LogP contribution in [0.3, 0.4) is 0 Å². The van der Waals surface area contributed by atoms with Crippen molar-refractivity contribution >= 4 is 13.5 Å². The van der Waals surface area contributed by atoms with Gasteiger partial charge >= 0.3 is 5.97 Å². The normalized spacial score (nSPS) is 31.7. The van der Waals surface area contributed by atoms with Crippen molar-refractivity contribution in [3.63, 3.8) is 0 Å². The van der Waals surface area contributed by atoms with Gasteiger partial charge in [-0.15, -0.1) is 0 Å². The Kier molecular flexibility index (Phi) is 3.95. The Balaban J connectivity index is 2.46. The van der Waals surface area contributed by atoms with Gasteiger partial charge in [0, 0.05) is 0 Å². The molecule has 14 heavy (non-hydrogen) atoms. The van der Waals surface area contributed by atoms with E-state index < -0.39 is 11.5 Å². The quantitative estimate of drug-likeness (QED) is 0.433. The van der Waals surface area contributed by atoms with Crippen LogP contribution in [-0.4, -0.2) is 29.1 Å². The van der Waals surface area contributed by atoms with E-state index in [1.54, 1.807) is 0 Å². The summed E-state index contributed by atoms with van der Waals surface area (Å²) in [6.07, 6.45) is 4.84. The third-order valence-corrected chi connectivity index (χ3v) is 3.23. The van der Waals surface area contributed by atoms with E-state index in [0.29, 0.717) is 6.42 Å². The van der Waals surface area contributed by atoms with E-state index in [2.05, 4.69) is 0 Å². The van der Waals surface area contributed by atoms with Crippen molar-refractivity contribution in [3.05, 3.63) is 0 Å². The van der Waals surface area contributed by atoms with Crippen molar-refractivity contribution in [2.24, 2.45) is 11.7 Å². The standard InChI is InChI=1S/C9H18BNO3/c11-9(8(12)13)5-1-3-7(9)4-2-6-10-14/h7,10,14H,1-6,11H2,(H,12,13)/t7?,9-/m0/s1. The Bertz CT molecular complexity index is 212. The first-order valence-electron chi connectivity index (χ1n) is 5.24. The van der Waals surface area contributed by atoms with Crippen LogP contribution >= 0.6 is 0 Å². The molecule has 0 spiro atoms. The smallest absolute Gasteiger partial charge is 0.323 e. The first kappa shape index (κ1) is 11.5. The molecule has 1 saturated carbocycles. The fourth-order valence-corrected chi connectivity index (χ4v) is 2.29. The molecule has 0 aromatic rings. The lowest BCUT2D eigenvalue weighted by Crippen LogP contribution is -2.50. The van der Waals surface area contributed by atoms with Gasteiger partial charge in [-0.25, -0.2) is 0 Å². The van der Waals surface area contributed by atoms with Gasteiger partial charge in [-0.1, -0.05) is 19.2 Å². The molecule has 0 amide bonds. The molecule has 1 fully saturated rings. The second-order valence-corrected chi connectivity index (χ2v) is 4.15. The van der Waals surface area contributed by atoms with Gasteiger partial charge in [-0.05, 0) is 25.2 Å². The molecule has 1 aliphatic rings. The highest BCUT2D eigenvalue weighted by atomic mass is 16.4. The fraction of sp³-hybridized carbons (Fsp3) is 0.889. The summed E-state index contributed by atoms with van der Waals surface area (Å²) in [6.45, 7) is 0. The molecule has 0 radical (unpaired) electrons. The lowest BCUT2D eigenvalue weighted by molar-refractivity contribution is -0.144. The predicted octanol–water partition coefficient (Wildman–Crippen LogP) is 0.111. The molecular formula is C9H18BNO3. The van der Waals surface area contributed by atoms with Gasteiger partial charge in [0.2, 0.25) is 0 Å². The molecule has 1 aliphatic carbocycles. The molecule has 0 heterocycles. The van der Waals surface area contributed by atoms with Crippen molar-refractivity contribution < 1.29 is 14.9 Å². The minimum Gasteiger partial charge on any atom is -0.480 e. The summed E-state index contributed by atoms with van der Waals surface area (Å²) in [7, 11) is 0.178. The number of hydrogen-bond donors (Lipinski definition) is 3. The van der Waals surface area contributed by atoms with Crippen LogP contribution in [0.2, 0.25) is 6.32 Å². The topological polar surface area (TPSA) is 83.6 Å². The molecule has 80 valence electrons. The van der Waals surface area contributed by atoms with Crippen LogP contribution in [-0.2, 0) is 4.79 Å². The molecule has 0 aromatic carbocycles. The van der Waals surface area contributed by atoms with E-state index in [9.17, 15) is 4.79 Å². The van der Waals surface area contributed by atoms with Gasteiger partial charge in [0.05, 0.1) is 0 Å². The van der Waals surface area contributed by atoms with Crippen LogP contribution in [0.4, 0.5) is 0 Å². The molecule has 0 aromatic heterocycles. The average Bonchev–Trinajstić information content (AvgIpc) is 2.50. The molecule has 1 rings (SSSR count). The maximum atomic E-state index is 11.0. The molecule has 0 aliphatic heterocycles. The van der Waals surface area contributed by atoms with Gasteiger partial charge in [-0.2, -0.15) is 0 Å². The number of nitrogens with two attached hydrogens (primary N) is 1. The van der Waals surface area contributed by atoms with Crippen LogP contribution in [0, 0.1) is 5.92 Å². The van der Waals surface area contributed by atoms with Crippen molar-refractivity contribution in [3.8, 4) is 0 Å². The van der Waals surface area contributed by atoms with Crippen LogP contribution in [0.25, 0.3) is 0 Å². The van der Waals surface area contributed by atoms with Gasteiger partial charge < -0.3 is 15.9 Å². The van der Waals surface area contributed by atoms with E-state index in [-0.39, 0.29) is 13.4 Å². The summed E-state index contributed by atoms with van der Waals surface area (Å²) in [5.74, 6) is -0.782. The Hall–Kier alpha value is -0.545. The van der Waals surface area contributed by atoms with E-state index in [0.717, 1.165) is 32.0 Å². The molecule has 4 N–H and O–H groups in total. The summed E-state index contributed by atoms with van der Waals surface area (Å²) in [5, 5.41) is 17.7. The molecule has 5 heteroatoms. The van der Waals surface area contributed by atoms with E-state index >= 15 is 0 Å². The number of rotatable bonds is 5. The minimum atomic E-state index is -1.00. The molecule has 4 nitrogen and oxygen atoms in total. The molecule has 0 bridgehead atoms. The first-order chi connectivity index (χ1) is 6.61. The second-order valence-electron chi connectivity index (χ2n) is 4.15. The highest BCUT2D eigenvalue weighted by molar-refractivity contribution is 6.25. The molecule has 2 atom stereocenters. The van der Waals surface area contributed by atoms with Crippen molar-refractivity contribution in [1.29, 1.82) is 0 Å². The van der Waals surface area contributed by atoms with E-state index in [1.807, 2.05) is 0 Å². The van der Waals surface area contributed by atoms with Crippen molar-refractivity contribution in [1.82, 2.24) is 0 Å². The highest BCUT2D eigenvalue weighted by Gasteiger charge is 2.45. The number of carboxylic acid groups (broad SMARTS) is 1. The maximum absolute atomic E-state index is 11.0. The lowest BCUT2D eigenvalue weighted by Gasteiger charge is -2.26. The van der Waals surface area contributed by atoms with Gasteiger partial charge in [0.25, 0.3) is 7.48 Å². The minimum absolute atomic E-state index is 0.0894. The summed E-state index contributed by atoms with van der Waals surface area (Å²) >= 11 is 0. The summed E-state index contributed by atoms with van der Waals surface area (Å²) in [5.41, 5.74) is 4.86. The zero-order valence-corrected chi connectivity index (χ0v) is 8.41. The Labute approximate surface area is 84.8 Å². The zero-order valence-electron chi connectivity index (χ0n) is 8.41.